The van der Waals surface area contributed by atoms with Gasteiger partial charge in [-0.1, -0.05) is 24.3 Å². The molecule has 0 unspecified atom stereocenters. The van der Waals surface area contributed by atoms with Crippen LogP contribution < -0.4 is 15.5 Å². The molecule has 22 heavy (non-hydrogen) atoms. The SMILES string of the molecule is CNC(=S)NN=Cc1cccc(OCc2ccc(F)cc2)c1. The van der Waals surface area contributed by atoms with Gasteiger partial charge in [0.1, 0.15) is 18.2 Å². The average molecular weight is 317 g/mol. The fourth-order valence-electron chi connectivity index (χ4n) is 1.65. The average Bonchev–Trinajstić information content (AvgIpc) is 2.54. The molecule has 0 aliphatic carbocycles. The first-order valence-electron chi connectivity index (χ1n) is 6.65. The number of nitrogens with zero attached hydrogens (tertiary/aromatic N) is 1. The van der Waals surface area contributed by atoms with Gasteiger partial charge in [0.25, 0.3) is 0 Å². The minimum Gasteiger partial charge on any atom is -0.489 e. The molecule has 0 aliphatic rings. The van der Waals surface area contributed by atoms with Crippen LogP contribution in [0.3, 0.4) is 0 Å². The number of benzene rings is 2. The Labute approximate surface area is 134 Å². The zero-order valence-electron chi connectivity index (χ0n) is 12.0. The second-order valence-electron chi connectivity index (χ2n) is 4.44. The first-order chi connectivity index (χ1) is 10.7. The van der Waals surface area contributed by atoms with E-state index in [0.29, 0.717) is 17.5 Å². The Hall–Kier alpha value is -2.47. The van der Waals surface area contributed by atoms with Crippen LogP contribution in [0.15, 0.2) is 53.6 Å². The molecule has 4 nitrogen and oxygen atoms in total. The Kier molecular flexibility index (Phi) is 5.85. The summed E-state index contributed by atoms with van der Waals surface area (Å²) in [4.78, 5) is 0. The fourth-order valence-corrected chi connectivity index (χ4v) is 1.71. The van der Waals surface area contributed by atoms with Crippen LogP contribution in [-0.2, 0) is 6.61 Å². The van der Waals surface area contributed by atoms with E-state index in [2.05, 4.69) is 15.8 Å². The lowest BCUT2D eigenvalue weighted by Gasteiger charge is -2.07. The lowest BCUT2D eigenvalue weighted by molar-refractivity contribution is 0.306. The zero-order chi connectivity index (χ0) is 15.8. The molecule has 0 bridgehead atoms. The molecule has 0 saturated heterocycles. The molecule has 2 N–H and O–H groups in total. The molecular weight excluding hydrogens is 301 g/mol. The van der Waals surface area contributed by atoms with Crippen LogP contribution in [0.1, 0.15) is 11.1 Å². The molecule has 0 atom stereocenters. The highest BCUT2D eigenvalue weighted by atomic mass is 32.1. The van der Waals surface area contributed by atoms with Crippen LogP contribution >= 0.6 is 12.2 Å². The van der Waals surface area contributed by atoms with E-state index in [1.54, 1.807) is 25.4 Å². The molecule has 2 aromatic carbocycles. The van der Waals surface area contributed by atoms with E-state index in [9.17, 15) is 4.39 Å². The van der Waals surface area contributed by atoms with Crippen molar-refractivity contribution in [1.29, 1.82) is 0 Å². The Balaban J connectivity index is 1.93. The topological polar surface area (TPSA) is 45.7 Å². The van der Waals surface area contributed by atoms with Crippen molar-refractivity contribution in [3.63, 3.8) is 0 Å². The molecule has 6 heteroatoms. The number of hydrazone groups is 1. The van der Waals surface area contributed by atoms with Gasteiger partial charge in [0.2, 0.25) is 0 Å². The van der Waals surface area contributed by atoms with Gasteiger partial charge in [-0.3, -0.25) is 5.43 Å². The number of thiocarbonyl (C=S) groups is 1. The van der Waals surface area contributed by atoms with Gasteiger partial charge < -0.3 is 10.1 Å². The van der Waals surface area contributed by atoms with E-state index in [0.717, 1.165) is 11.1 Å². The third kappa shape index (κ3) is 5.14. The number of nitrogens with one attached hydrogen (secondary N) is 2. The van der Waals surface area contributed by atoms with Gasteiger partial charge in [-0.2, -0.15) is 5.10 Å². The molecule has 0 saturated carbocycles. The molecule has 0 amide bonds. The smallest absolute Gasteiger partial charge is 0.186 e. The molecule has 0 radical (unpaired) electrons. The van der Waals surface area contributed by atoms with Gasteiger partial charge in [0, 0.05) is 7.05 Å². The number of ether oxygens (including phenoxy) is 1. The molecule has 114 valence electrons. The minimum absolute atomic E-state index is 0.256. The summed E-state index contributed by atoms with van der Waals surface area (Å²) in [5.41, 5.74) is 4.46. The molecule has 0 aliphatic heterocycles. The highest BCUT2D eigenvalue weighted by Gasteiger charge is 1.98. The number of rotatable bonds is 5. The van der Waals surface area contributed by atoms with E-state index >= 15 is 0 Å². The predicted molar refractivity (Wildman–Crippen MR) is 89.6 cm³/mol. The summed E-state index contributed by atoms with van der Waals surface area (Å²) in [6.07, 6.45) is 1.65. The Morgan fingerprint density at radius 1 is 1.27 bits per heavy atom. The van der Waals surface area contributed by atoms with E-state index in [1.807, 2.05) is 24.3 Å². The summed E-state index contributed by atoms with van der Waals surface area (Å²) in [6.45, 7) is 0.378. The Bertz CT molecular complexity index is 659. The summed E-state index contributed by atoms with van der Waals surface area (Å²) >= 11 is 4.91. The molecule has 0 spiro atoms. The minimum atomic E-state index is -0.256. The quantitative estimate of drug-likeness (QED) is 0.506. The largest absolute Gasteiger partial charge is 0.489 e. The highest BCUT2D eigenvalue weighted by Crippen LogP contribution is 2.14. The summed E-state index contributed by atoms with van der Waals surface area (Å²) in [7, 11) is 1.72. The van der Waals surface area contributed by atoms with Gasteiger partial charge in [0.15, 0.2) is 5.11 Å². The first-order valence-corrected chi connectivity index (χ1v) is 7.06. The highest BCUT2D eigenvalue weighted by molar-refractivity contribution is 7.80. The summed E-state index contributed by atoms with van der Waals surface area (Å²) in [6, 6.07) is 13.7. The van der Waals surface area contributed by atoms with Gasteiger partial charge in [-0.15, -0.1) is 0 Å². The maximum Gasteiger partial charge on any atom is 0.186 e. The molecular formula is C16H16FN3OS. The standard InChI is InChI=1S/C16H16FN3OS/c1-18-16(22)20-19-10-13-3-2-4-15(9-13)21-11-12-5-7-14(17)8-6-12/h2-10H,11H2,1H3,(H2,18,20,22). The molecule has 0 fully saturated rings. The monoisotopic (exact) mass is 317 g/mol. The normalized spacial score (nSPS) is 10.5. The van der Waals surface area contributed by atoms with Crippen molar-refractivity contribution in [2.75, 3.05) is 7.05 Å². The lowest BCUT2D eigenvalue weighted by Crippen LogP contribution is -2.28. The van der Waals surface area contributed by atoms with Gasteiger partial charge >= 0.3 is 0 Å². The Morgan fingerprint density at radius 3 is 2.77 bits per heavy atom. The van der Waals surface area contributed by atoms with Crippen molar-refractivity contribution >= 4 is 23.5 Å². The zero-order valence-corrected chi connectivity index (χ0v) is 12.9. The van der Waals surface area contributed by atoms with Crippen LogP contribution in [0.25, 0.3) is 0 Å². The Morgan fingerprint density at radius 2 is 2.05 bits per heavy atom. The number of hydrogen-bond donors (Lipinski definition) is 2. The summed E-state index contributed by atoms with van der Waals surface area (Å²) < 4.78 is 18.5. The fraction of sp³-hybridized carbons (Fsp3) is 0.125. The van der Waals surface area contributed by atoms with Crippen molar-refractivity contribution in [2.24, 2.45) is 5.10 Å². The van der Waals surface area contributed by atoms with Crippen LogP contribution in [0.2, 0.25) is 0 Å². The van der Waals surface area contributed by atoms with E-state index < -0.39 is 0 Å². The lowest BCUT2D eigenvalue weighted by atomic mass is 10.2. The second-order valence-corrected chi connectivity index (χ2v) is 4.85. The number of halogens is 1. The maximum atomic E-state index is 12.8. The van der Waals surface area contributed by atoms with Crippen LogP contribution in [0.4, 0.5) is 4.39 Å². The van der Waals surface area contributed by atoms with Crippen molar-refractivity contribution in [1.82, 2.24) is 10.7 Å². The van der Waals surface area contributed by atoms with Crippen molar-refractivity contribution < 1.29 is 9.13 Å². The van der Waals surface area contributed by atoms with Crippen LogP contribution in [0.5, 0.6) is 5.75 Å². The molecule has 2 rings (SSSR count). The molecule has 0 aromatic heterocycles. The van der Waals surface area contributed by atoms with Gasteiger partial charge in [-0.25, -0.2) is 4.39 Å². The second kappa shape index (κ2) is 8.09. The molecule has 2 aromatic rings. The van der Waals surface area contributed by atoms with E-state index in [4.69, 9.17) is 17.0 Å². The number of hydrogen-bond acceptors (Lipinski definition) is 3. The summed E-state index contributed by atoms with van der Waals surface area (Å²) in [5.74, 6) is 0.457. The van der Waals surface area contributed by atoms with Crippen LogP contribution in [-0.4, -0.2) is 18.4 Å². The van der Waals surface area contributed by atoms with Crippen molar-refractivity contribution in [2.45, 2.75) is 6.61 Å². The van der Waals surface area contributed by atoms with Crippen molar-refractivity contribution in [3.05, 3.63) is 65.5 Å². The predicted octanol–water partition coefficient (Wildman–Crippen LogP) is 2.83. The molecule has 0 heterocycles. The third-order valence-corrected chi connectivity index (χ3v) is 3.08. The van der Waals surface area contributed by atoms with E-state index in [-0.39, 0.29) is 5.82 Å². The van der Waals surface area contributed by atoms with Gasteiger partial charge in [0.05, 0.1) is 6.21 Å². The maximum absolute atomic E-state index is 12.8. The first kappa shape index (κ1) is 15.9. The van der Waals surface area contributed by atoms with Crippen LogP contribution in [0, 0.1) is 5.82 Å². The van der Waals surface area contributed by atoms with Crippen molar-refractivity contribution in [3.8, 4) is 5.75 Å². The third-order valence-electron chi connectivity index (χ3n) is 2.78. The van der Waals surface area contributed by atoms with Gasteiger partial charge in [-0.05, 0) is 47.6 Å². The summed E-state index contributed by atoms with van der Waals surface area (Å²) in [5, 5.41) is 7.21. The van der Waals surface area contributed by atoms with E-state index in [1.165, 1.54) is 12.1 Å².